The summed E-state index contributed by atoms with van der Waals surface area (Å²) in [6, 6.07) is 14.5. The van der Waals surface area contributed by atoms with Crippen LogP contribution < -0.4 is 9.58 Å². The third-order valence-corrected chi connectivity index (χ3v) is 5.80. The van der Waals surface area contributed by atoms with Crippen LogP contribution in [0.5, 0.6) is 5.75 Å². The summed E-state index contributed by atoms with van der Waals surface area (Å²) in [6.45, 7) is 4.76. The highest BCUT2D eigenvalue weighted by Gasteiger charge is 2.27. The molecule has 0 aliphatic rings. The van der Waals surface area contributed by atoms with Gasteiger partial charge in [-0.15, -0.1) is 4.85 Å². The fourth-order valence-electron chi connectivity index (χ4n) is 3.91. The largest absolute Gasteiger partial charge is 0.691 e. The van der Waals surface area contributed by atoms with Gasteiger partial charge in [0.1, 0.15) is 11.0 Å². The second-order valence-electron chi connectivity index (χ2n) is 8.18. The molecule has 0 saturated heterocycles. The fourth-order valence-corrected chi connectivity index (χ4v) is 3.91. The number of ether oxygens (including phenoxy) is 1. The third-order valence-electron chi connectivity index (χ3n) is 5.80. The standard InChI is InChI=1S/C25H29N5O3/c1-3-4-5-6-7-10-17-33-20-15-13-19(14-16-20)23-18(2)24(27-26-23)25(31)29-21-11-8-9-12-22(21)30(32)28-29/h8-9,11-16H,3-7,10,17H2,1-2H3,(H,26,27). The SMILES string of the molecule is CCCCCCCCOc1ccc(-c2[nH]nc(C(=O)n3n[n+]([O-])c4ccccc43)c2C)cc1. The van der Waals surface area contributed by atoms with E-state index in [1.54, 1.807) is 24.3 Å². The first kappa shape index (κ1) is 22.5. The molecule has 0 bridgehead atoms. The van der Waals surface area contributed by atoms with Crippen molar-refractivity contribution in [2.75, 3.05) is 6.61 Å². The summed E-state index contributed by atoms with van der Waals surface area (Å²) in [5.74, 6) is 0.364. The molecule has 0 saturated carbocycles. The number of aromatic nitrogens is 5. The molecule has 8 nitrogen and oxygen atoms in total. The Bertz CT molecular complexity index is 1230. The van der Waals surface area contributed by atoms with Crippen LogP contribution >= 0.6 is 0 Å². The molecule has 2 aromatic heterocycles. The van der Waals surface area contributed by atoms with Crippen molar-refractivity contribution in [1.82, 2.24) is 20.1 Å². The van der Waals surface area contributed by atoms with E-state index in [0.717, 1.165) is 28.1 Å². The highest BCUT2D eigenvalue weighted by molar-refractivity contribution is 6.00. The topological polar surface area (TPSA) is 99.7 Å². The van der Waals surface area contributed by atoms with Gasteiger partial charge in [0.05, 0.1) is 12.3 Å². The molecule has 0 unspecified atom stereocenters. The second kappa shape index (κ2) is 10.3. The minimum atomic E-state index is -0.459. The summed E-state index contributed by atoms with van der Waals surface area (Å²) in [5.41, 5.74) is 3.33. The maximum atomic E-state index is 13.1. The van der Waals surface area contributed by atoms with Crippen molar-refractivity contribution in [2.24, 2.45) is 0 Å². The molecule has 0 spiro atoms. The minimum absolute atomic E-state index is 0.224. The second-order valence-corrected chi connectivity index (χ2v) is 8.18. The smallest absolute Gasteiger partial charge is 0.387 e. The molecule has 4 aromatic rings. The number of nitrogens with one attached hydrogen (secondary N) is 1. The number of carbonyl (C=O) groups is 1. The summed E-state index contributed by atoms with van der Waals surface area (Å²) >= 11 is 0. The van der Waals surface area contributed by atoms with E-state index in [-0.39, 0.29) is 5.69 Å². The van der Waals surface area contributed by atoms with Gasteiger partial charge in [0, 0.05) is 11.1 Å². The molecule has 172 valence electrons. The van der Waals surface area contributed by atoms with Crippen molar-refractivity contribution in [3.8, 4) is 17.0 Å². The molecule has 0 atom stereocenters. The Hall–Kier alpha value is -3.68. The van der Waals surface area contributed by atoms with Crippen LogP contribution in [0.3, 0.4) is 0 Å². The Kier molecular flexibility index (Phi) is 7.02. The van der Waals surface area contributed by atoms with Crippen molar-refractivity contribution in [3.05, 3.63) is 65.0 Å². The first-order chi connectivity index (χ1) is 16.1. The van der Waals surface area contributed by atoms with E-state index in [1.165, 1.54) is 32.1 Å². The van der Waals surface area contributed by atoms with E-state index in [0.29, 0.717) is 28.0 Å². The Morgan fingerprint density at radius 3 is 2.58 bits per heavy atom. The first-order valence-corrected chi connectivity index (χ1v) is 11.5. The molecule has 0 fully saturated rings. The van der Waals surface area contributed by atoms with E-state index >= 15 is 0 Å². The Balaban J connectivity index is 1.43. The van der Waals surface area contributed by atoms with E-state index in [1.807, 2.05) is 31.2 Å². The van der Waals surface area contributed by atoms with E-state index < -0.39 is 5.91 Å². The lowest BCUT2D eigenvalue weighted by atomic mass is 10.1. The first-order valence-electron chi connectivity index (χ1n) is 11.5. The lowest BCUT2D eigenvalue weighted by Gasteiger charge is -2.07. The van der Waals surface area contributed by atoms with Gasteiger partial charge in [0.2, 0.25) is 11.0 Å². The van der Waals surface area contributed by atoms with Crippen molar-refractivity contribution < 1.29 is 14.4 Å². The van der Waals surface area contributed by atoms with Gasteiger partial charge >= 0.3 is 5.91 Å². The predicted octanol–water partition coefficient (Wildman–Crippen LogP) is 4.80. The van der Waals surface area contributed by atoms with Crippen LogP contribution in [0.1, 0.15) is 61.5 Å². The number of fused-ring (bicyclic) bond motifs is 1. The number of hydrogen-bond donors (Lipinski definition) is 1. The number of benzene rings is 2. The number of carbonyl (C=O) groups excluding carboxylic acids is 1. The molecule has 0 radical (unpaired) electrons. The molecule has 0 amide bonds. The summed E-state index contributed by atoms with van der Waals surface area (Å²) in [7, 11) is 0. The Morgan fingerprint density at radius 1 is 1.06 bits per heavy atom. The average molecular weight is 448 g/mol. The van der Waals surface area contributed by atoms with Crippen LogP contribution in [0.2, 0.25) is 0 Å². The molecular weight excluding hydrogens is 418 g/mol. The molecule has 2 aromatic carbocycles. The van der Waals surface area contributed by atoms with Gasteiger partial charge < -0.3 is 9.94 Å². The van der Waals surface area contributed by atoms with E-state index in [9.17, 15) is 10.0 Å². The minimum Gasteiger partial charge on any atom is -0.691 e. The monoisotopic (exact) mass is 447 g/mol. The van der Waals surface area contributed by atoms with Crippen LogP contribution in [0, 0.1) is 12.1 Å². The molecule has 2 heterocycles. The fraction of sp³-hybridized carbons (Fsp3) is 0.360. The zero-order valence-electron chi connectivity index (χ0n) is 19.1. The molecule has 8 heteroatoms. The maximum absolute atomic E-state index is 13.1. The quantitative estimate of drug-likeness (QED) is 0.214. The van der Waals surface area contributed by atoms with Gasteiger partial charge in [-0.05, 0) is 49.7 Å². The maximum Gasteiger partial charge on any atom is 0.387 e. The molecule has 0 aliphatic heterocycles. The van der Waals surface area contributed by atoms with Gasteiger partial charge in [-0.2, -0.15) is 5.10 Å². The van der Waals surface area contributed by atoms with Crippen LogP contribution in [0.15, 0.2) is 48.5 Å². The van der Waals surface area contributed by atoms with Gasteiger partial charge in [0.25, 0.3) is 0 Å². The normalized spacial score (nSPS) is 11.2. The molecular formula is C25H29N5O3. The highest BCUT2D eigenvalue weighted by Crippen LogP contribution is 2.26. The van der Waals surface area contributed by atoms with Gasteiger partial charge in [0.15, 0.2) is 5.69 Å². The number of hydrogen-bond acceptors (Lipinski definition) is 5. The average Bonchev–Trinajstić information content (AvgIpc) is 3.39. The Labute approximate surface area is 192 Å². The summed E-state index contributed by atoms with van der Waals surface area (Å²) in [5, 5.41) is 23.0. The number of nitrogens with zero attached hydrogens (tertiary/aromatic N) is 4. The van der Waals surface area contributed by atoms with Crippen molar-refractivity contribution in [3.63, 3.8) is 0 Å². The summed E-state index contributed by atoms with van der Waals surface area (Å²) < 4.78 is 6.95. The lowest BCUT2D eigenvalue weighted by molar-refractivity contribution is -0.645. The molecule has 33 heavy (non-hydrogen) atoms. The van der Waals surface area contributed by atoms with Crippen molar-refractivity contribution in [2.45, 2.75) is 52.4 Å². The van der Waals surface area contributed by atoms with E-state index in [2.05, 4.69) is 22.3 Å². The number of H-pyrrole nitrogens is 1. The molecule has 4 rings (SSSR count). The number of unbranched alkanes of at least 4 members (excludes halogenated alkanes) is 5. The van der Waals surface area contributed by atoms with E-state index in [4.69, 9.17) is 4.74 Å². The van der Waals surface area contributed by atoms with Crippen LogP contribution in [-0.2, 0) is 0 Å². The Morgan fingerprint density at radius 2 is 1.79 bits per heavy atom. The highest BCUT2D eigenvalue weighted by atomic mass is 16.5. The number of para-hydroxylation sites is 2. The zero-order valence-corrected chi connectivity index (χ0v) is 19.1. The van der Waals surface area contributed by atoms with Gasteiger partial charge in [-0.3, -0.25) is 5.10 Å². The van der Waals surface area contributed by atoms with Crippen molar-refractivity contribution >= 4 is 16.9 Å². The lowest BCUT2D eigenvalue weighted by Crippen LogP contribution is -2.31. The van der Waals surface area contributed by atoms with Crippen LogP contribution in [0.25, 0.3) is 22.3 Å². The van der Waals surface area contributed by atoms with Gasteiger partial charge in [-0.1, -0.05) is 55.8 Å². The van der Waals surface area contributed by atoms with Crippen molar-refractivity contribution in [1.29, 1.82) is 0 Å². The molecule has 0 aliphatic carbocycles. The summed E-state index contributed by atoms with van der Waals surface area (Å²) in [4.78, 5) is 13.5. The summed E-state index contributed by atoms with van der Waals surface area (Å²) in [6.07, 6.45) is 7.38. The third kappa shape index (κ3) is 4.89. The molecule has 1 N–H and O–H groups in total. The predicted molar refractivity (Wildman–Crippen MR) is 126 cm³/mol. The van der Waals surface area contributed by atoms with Gasteiger partial charge in [-0.25, -0.2) is 4.79 Å². The number of aromatic amines is 1. The number of rotatable bonds is 10. The van der Waals surface area contributed by atoms with Crippen LogP contribution in [-0.4, -0.2) is 32.6 Å². The zero-order chi connectivity index (χ0) is 23.2. The van der Waals surface area contributed by atoms with Crippen LogP contribution in [0.4, 0.5) is 0 Å².